The van der Waals surface area contributed by atoms with Gasteiger partial charge in [-0.3, -0.25) is 0 Å². The van der Waals surface area contributed by atoms with Gasteiger partial charge < -0.3 is 9.47 Å². The van der Waals surface area contributed by atoms with Gasteiger partial charge in [-0.25, -0.2) is 14.2 Å². The molecule has 1 atom stereocenters. The number of alkyl halides is 3. The molecule has 0 aliphatic heterocycles. The van der Waals surface area contributed by atoms with Gasteiger partial charge in [-0.05, 0) is 19.9 Å². The SMILES string of the molecule is CCOC(=O)C(F)Oc1cc(-n2nc(C)n(C(F)F)c2=O)c(Cl)cc1Cl. The zero-order valence-electron chi connectivity index (χ0n) is 13.4. The highest BCUT2D eigenvalue weighted by atomic mass is 35.5. The van der Waals surface area contributed by atoms with E-state index in [0.717, 1.165) is 12.1 Å². The van der Waals surface area contributed by atoms with Gasteiger partial charge in [0.25, 0.3) is 0 Å². The molecule has 2 aromatic rings. The lowest BCUT2D eigenvalue weighted by molar-refractivity contribution is -0.159. The van der Waals surface area contributed by atoms with E-state index < -0.39 is 24.6 Å². The molecule has 0 saturated heterocycles. The number of ether oxygens (including phenoxy) is 2. The van der Waals surface area contributed by atoms with Crippen molar-refractivity contribution in [2.45, 2.75) is 26.8 Å². The predicted octanol–water partition coefficient (Wildman–Crippen LogP) is 3.28. The number of hydrogen-bond acceptors (Lipinski definition) is 5. The molecule has 142 valence electrons. The van der Waals surface area contributed by atoms with Gasteiger partial charge in [-0.15, -0.1) is 5.10 Å². The van der Waals surface area contributed by atoms with Gasteiger partial charge in [0.2, 0.25) is 0 Å². The Bertz CT molecular complexity index is 885. The first-order valence-corrected chi connectivity index (χ1v) is 7.86. The van der Waals surface area contributed by atoms with E-state index in [1.807, 2.05) is 0 Å². The van der Waals surface area contributed by atoms with Gasteiger partial charge in [0, 0.05) is 6.07 Å². The summed E-state index contributed by atoms with van der Waals surface area (Å²) in [5.74, 6) is -1.91. The van der Waals surface area contributed by atoms with E-state index in [1.54, 1.807) is 0 Å². The summed E-state index contributed by atoms with van der Waals surface area (Å²) in [5.41, 5.74) is -1.36. The fourth-order valence-electron chi connectivity index (χ4n) is 2.00. The zero-order valence-corrected chi connectivity index (χ0v) is 14.9. The number of hydrogen-bond donors (Lipinski definition) is 0. The Morgan fingerprint density at radius 3 is 2.46 bits per heavy atom. The summed E-state index contributed by atoms with van der Waals surface area (Å²) in [7, 11) is 0. The molecule has 0 bridgehead atoms. The maximum absolute atomic E-state index is 13.8. The van der Waals surface area contributed by atoms with Crippen LogP contribution in [0.4, 0.5) is 13.2 Å². The van der Waals surface area contributed by atoms with Gasteiger partial charge in [-0.1, -0.05) is 23.2 Å². The number of halogens is 5. The lowest BCUT2D eigenvalue weighted by Crippen LogP contribution is -2.26. The molecule has 0 aliphatic rings. The third-order valence-electron chi connectivity index (χ3n) is 3.11. The Morgan fingerprint density at radius 2 is 1.92 bits per heavy atom. The van der Waals surface area contributed by atoms with E-state index in [4.69, 9.17) is 27.9 Å². The summed E-state index contributed by atoms with van der Waals surface area (Å²) in [4.78, 5) is 23.4. The van der Waals surface area contributed by atoms with Crippen molar-refractivity contribution in [1.29, 1.82) is 0 Å². The average molecular weight is 414 g/mol. The topological polar surface area (TPSA) is 75.3 Å². The fourth-order valence-corrected chi connectivity index (χ4v) is 2.50. The van der Waals surface area contributed by atoms with Crippen LogP contribution in [0.15, 0.2) is 16.9 Å². The van der Waals surface area contributed by atoms with E-state index in [1.165, 1.54) is 13.8 Å². The van der Waals surface area contributed by atoms with Crippen molar-refractivity contribution >= 4 is 29.2 Å². The molecule has 1 heterocycles. The molecule has 0 fully saturated rings. The van der Waals surface area contributed by atoms with Crippen molar-refractivity contribution in [3.8, 4) is 11.4 Å². The van der Waals surface area contributed by atoms with Gasteiger partial charge in [0.15, 0.2) is 0 Å². The van der Waals surface area contributed by atoms with Crippen LogP contribution in [0.5, 0.6) is 5.75 Å². The van der Waals surface area contributed by atoms with Crippen LogP contribution in [0.1, 0.15) is 19.3 Å². The van der Waals surface area contributed by atoms with Gasteiger partial charge in [0.05, 0.1) is 22.3 Å². The first-order chi connectivity index (χ1) is 12.2. The van der Waals surface area contributed by atoms with Gasteiger partial charge >= 0.3 is 24.6 Å². The number of carbonyl (C=O) groups is 1. The van der Waals surface area contributed by atoms with Crippen LogP contribution in [-0.4, -0.2) is 33.3 Å². The second-order valence-electron chi connectivity index (χ2n) is 4.81. The summed E-state index contributed by atoms with van der Waals surface area (Å²) in [5, 5.41) is 3.39. The van der Waals surface area contributed by atoms with Crippen molar-refractivity contribution in [1.82, 2.24) is 14.3 Å². The first kappa shape index (κ1) is 20.1. The van der Waals surface area contributed by atoms with Gasteiger partial charge in [-0.2, -0.15) is 17.9 Å². The van der Waals surface area contributed by atoms with Crippen LogP contribution in [0.25, 0.3) is 5.69 Å². The highest BCUT2D eigenvalue weighted by Gasteiger charge is 2.24. The quantitative estimate of drug-likeness (QED) is 0.679. The highest BCUT2D eigenvalue weighted by Crippen LogP contribution is 2.33. The standard InChI is InChI=1S/C14H12Cl2F3N3O4/c1-3-25-12(23)11(17)26-10-5-9(7(15)4-8(10)16)22-14(24)21(13(18)19)6(2)20-22/h4-5,11,13H,3H2,1-2H3. The van der Waals surface area contributed by atoms with Crippen molar-refractivity contribution < 1.29 is 27.4 Å². The monoisotopic (exact) mass is 413 g/mol. The normalized spacial score (nSPS) is 12.3. The van der Waals surface area contributed by atoms with Crippen LogP contribution >= 0.6 is 23.2 Å². The van der Waals surface area contributed by atoms with Crippen LogP contribution in [0, 0.1) is 6.92 Å². The van der Waals surface area contributed by atoms with Crippen LogP contribution in [0.2, 0.25) is 10.0 Å². The molecule has 7 nitrogen and oxygen atoms in total. The number of benzene rings is 1. The molecule has 1 unspecified atom stereocenters. The molecule has 0 N–H and O–H groups in total. The number of rotatable bonds is 6. The third kappa shape index (κ3) is 3.96. The summed E-state index contributed by atoms with van der Waals surface area (Å²) >= 11 is 11.9. The summed E-state index contributed by atoms with van der Waals surface area (Å²) in [6.07, 6.45) is -2.49. The van der Waals surface area contributed by atoms with Crippen molar-refractivity contribution in [3.05, 3.63) is 38.5 Å². The number of esters is 1. The van der Waals surface area contributed by atoms with E-state index in [0.29, 0.717) is 4.68 Å². The Hall–Kier alpha value is -2.20. The molecular formula is C14H12Cl2F3N3O4. The molecule has 0 radical (unpaired) electrons. The fraction of sp³-hybridized carbons (Fsp3) is 0.357. The lowest BCUT2D eigenvalue weighted by atomic mass is 10.3. The zero-order chi connectivity index (χ0) is 19.6. The van der Waals surface area contributed by atoms with Crippen LogP contribution in [-0.2, 0) is 9.53 Å². The van der Waals surface area contributed by atoms with E-state index in [9.17, 15) is 22.8 Å². The highest BCUT2D eigenvalue weighted by molar-refractivity contribution is 6.36. The minimum atomic E-state index is -3.11. The smallest absolute Gasteiger partial charge is 0.381 e. The van der Waals surface area contributed by atoms with Crippen LogP contribution in [0.3, 0.4) is 0 Å². The maximum atomic E-state index is 13.8. The van der Waals surface area contributed by atoms with Crippen LogP contribution < -0.4 is 10.4 Å². The minimum Gasteiger partial charge on any atom is -0.461 e. The van der Waals surface area contributed by atoms with E-state index in [-0.39, 0.29) is 38.5 Å². The molecule has 1 aromatic heterocycles. The Kier molecular flexibility index (Phi) is 6.19. The number of aryl methyl sites for hydroxylation is 1. The second-order valence-corrected chi connectivity index (χ2v) is 5.62. The molecule has 0 saturated carbocycles. The van der Waals surface area contributed by atoms with E-state index >= 15 is 0 Å². The lowest BCUT2D eigenvalue weighted by Gasteiger charge is -2.13. The number of nitrogens with zero attached hydrogens (tertiary/aromatic N) is 3. The first-order valence-electron chi connectivity index (χ1n) is 7.10. The molecule has 2 rings (SSSR count). The Labute approximate surface area is 154 Å². The van der Waals surface area contributed by atoms with Crippen molar-refractivity contribution in [2.24, 2.45) is 0 Å². The Balaban J connectivity index is 2.48. The predicted molar refractivity (Wildman–Crippen MR) is 86.0 cm³/mol. The van der Waals surface area contributed by atoms with Crippen molar-refractivity contribution in [3.63, 3.8) is 0 Å². The second kappa shape index (κ2) is 8.00. The molecule has 1 aromatic carbocycles. The third-order valence-corrected chi connectivity index (χ3v) is 3.71. The summed E-state index contributed by atoms with van der Waals surface area (Å²) < 4.78 is 49.6. The molecule has 0 aliphatic carbocycles. The largest absolute Gasteiger partial charge is 0.461 e. The molecular weight excluding hydrogens is 402 g/mol. The summed E-state index contributed by atoms with van der Waals surface area (Å²) in [6.45, 7) is -0.505. The molecule has 26 heavy (non-hydrogen) atoms. The minimum absolute atomic E-state index is 0.0675. The molecule has 0 amide bonds. The van der Waals surface area contributed by atoms with Gasteiger partial charge in [0.1, 0.15) is 11.6 Å². The average Bonchev–Trinajstić information content (AvgIpc) is 2.84. The number of carbonyl (C=O) groups excluding carboxylic acids is 1. The molecule has 0 spiro atoms. The Morgan fingerprint density at radius 1 is 1.27 bits per heavy atom. The number of aromatic nitrogens is 3. The molecule has 12 heteroatoms. The van der Waals surface area contributed by atoms with E-state index in [2.05, 4.69) is 9.84 Å². The van der Waals surface area contributed by atoms with Crippen molar-refractivity contribution in [2.75, 3.05) is 6.61 Å². The maximum Gasteiger partial charge on any atom is 0.381 e. The summed E-state index contributed by atoms with van der Waals surface area (Å²) in [6, 6.07) is 2.09.